The van der Waals surface area contributed by atoms with Gasteiger partial charge < -0.3 is 35.1 Å². The third-order valence-corrected chi connectivity index (χ3v) is 16.5. The van der Waals surface area contributed by atoms with Crippen LogP contribution in [0, 0.1) is 25.5 Å². The zero-order valence-corrected chi connectivity index (χ0v) is 57.9. The van der Waals surface area contributed by atoms with Crippen LogP contribution in [-0.2, 0) is 4.74 Å². The topological polar surface area (TPSA) is 236 Å². The van der Waals surface area contributed by atoms with Crippen LogP contribution in [0.4, 0.5) is 30.6 Å². The van der Waals surface area contributed by atoms with Crippen LogP contribution < -0.4 is 30.6 Å². The number of aryl methyl sites for hydroxylation is 2. The maximum absolute atomic E-state index is 13.5. The summed E-state index contributed by atoms with van der Waals surface area (Å²) in [5.74, 6) is 1.67. The van der Waals surface area contributed by atoms with Gasteiger partial charge in [0.05, 0.1) is 11.3 Å². The first kappa shape index (κ1) is 71.3. The van der Waals surface area contributed by atoms with Crippen LogP contribution in [0.15, 0.2) is 246 Å². The number of carbonyl (C=O) groups is 3. The first-order valence-corrected chi connectivity index (χ1v) is 34.6. The molecule has 22 heteroatoms. The molecular formula is C78H67F2N9O8S3. The lowest BCUT2D eigenvalue weighted by Crippen LogP contribution is -2.27. The number of hydrogen-bond donors (Lipinski definition) is 4. The summed E-state index contributed by atoms with van der Waals surface area (Å²) in [4.78, 5) is 61.7. The van der Waals surface area contributed by atoms with Gasteiger partial charge in [-0.05, 0) is 172 Å². The number of carboxylic acids is 1. The molecule has 17 nitrogen and oxygen atoms in total. The maximum Gasteiger partial charge on any atom is 0.412 e. The number of aromatic carboxylic acids is 1. The number of amides is 2. The van der Waals surface area contributed by atoms with Crippen molar-refractivity contribution >= 4 is 103 Å². The van der Waals surface area contributed by atoms with Crippen molar-refractivity contribution in [1.82, 2.24) is 29.9 Å². The molecule has 13 aromatic rings. The Morgan fingerprint density at radius 3 is 1.26 bits per heavy atom. The highest BCUT2D eigenvalue weighted by Gasteiger charge is 2.19. The molecular weight excluding hydrogens is 1330 g/mol. The molecule has 3 heterocycles. The molecule has 0 aliphatic carbocycles. The molecule has 0 bridgehead atoms. The van der Waals surface area contributed by atoms with Crippen molar-refractivity contribution in [2.45, 2.75) is 55.7 Å². The Balaban J connectivity index is 0.000000150. The normalized spacial score (nSPS) is 10.8. The number of nitrogens with one attached hydrogen (secondary N) is 2. The second kappa shape index (κ2) is 33.2. The van der Waals surface area contributed by atoms with Crippen LogP contribution in [0.1, 0.15) is 52.6 Å². The van der Waals surface area contributed by atoms with Crippen molar-refractivity contribution in [2.75, 3.05) is 35.1 Å². The van der Waals surface area contributed by atoms with Gasteiger partial charge in [0.2, 0.25) is 17.6 Å². The van der Waals surface area contributed by atoms with Crippen molar-refractivity contribution in [3.63, 3.8) is 0 Å². The molecule has 13 rings (SSSR count). The highest BCUT2D eigenvalue weighted by atomic mass is 32.2. The molecule has 0 unspecified atom stereocenters. The number of benzene rings is 10. The minimum absolute atomic E-state index is 0.228. The fraction of sp³-hybridized carbons (Fsp3) is 0.115. The van der Waals surface area contributed by atoms with E-state index in [9.17, 15) is 23.2 Å². The van der Waals surface area contributed by atoms with Crippen LogP contribution in [0.3, 0.4) is 0 Å². The number of ether oxygens (including phenoxy) is 4. The molecule has 100 heavy (non-hydrogen) atoms. The number of hydrogen-bond acceptors (Lipinski definition) is 17. The van der Waals surface area contributed by atoms with Crippen LogP contribution in [-0.4, -0.2) is 77.3 Å². The number of carboxylic acid groups (broad SMARTS) is 1. The summed E-state index contributed by atoms with van der Waals surface area (Å²) < 4.78 is 49.8. The molecule has 0 fully saturated rings. The van der Waals surface area contributed by atoms with Crippen molar-refractivity contribution in [2.24, 2.45) is 0 Å². The summed E-state index contributed by atoms with van der Waals surface area (Å²) in [6.07, 6.45) is 10.3. The predicted octanol–water partition coefficient (Wildman–Crippen LogP) is 20.2. The summed E-state index contributed by atoms with van der Waals surface area (Å²) >= 11 is 4.36. The Labute approximate surface area is 589 Å². The van der Waals surface area contributed by atoms with Gasteiger partial charge in [-0.25, -0.2) is 33.3 Å². The van der Waals surface area contributed by atoms with Gasteiger partial charge in [0, 0.05) is 86.0 Å². The van der Waals surface area contributed by atoms with Gasteiger partial charge in [-0.3, -0.25) is 10.1 Å². The zero-order chi connectivity index (χ0) is 70.9. The average Bonchev–Trinajstić information content (AvgIpc) is 0.815. The van der Waals surface area contributed by atoms with Crippen LogP contribution in [0.2, 0.25) is 0 Å². The number of anilines is 3. The van der Waals surface area contributed by atoms with E-state index < -0.39 is 17.7 Å². The monoisotopic (exact) mass is 1390 g/mol. The van der Waals surface area contributed by atoms with Crippen molar-refractivity contribution in [3.05, 3.63) is 265 Å². The molecule has 0 aliphatic rings. The number of fused-ring (bicyclic) bond motifs is 3. The fourth-order valence-corrected chi connectivity index (χ4v) is 11.3. The predicted molar refractivity (Wildman–Crippen MR) is 396 cm³/mol. The number of halogens is 2. The van der Waals surface area contributed by atoms with E-state index in [-0.39, 0.29) is 23.1 Å². The Morgan fingerprint density at radius 1 is 0.450 bits per heavy atom. The van der Waals surface area contributed by atoms with Crippen molar-refractivity contribution in [3.8, 4) is 57.1 Å². The second-order valence-electron chi connectivity index (χ2n) is 22.9. The van der Waals surface area contributed by atoms with Crippen molar-refractivity contribution in [1.29, 1.82) is 0 Å². The second-order valence-corrected chi connectivity index (χ2v) is 25.2. The van der Waals surface area contributed by atoms with Gasteiger partial charge in [0.25, 0.3) is 5.91 Å². The van der Waals surface area contributed by atoms with Crippen LogP contribution >= 0.6 is 35.3 Å². The smallest absolute Gasteiger partial charge is 0.412 e. The first-order chi connectivity index (χ1) is 48.2. The lowest BCUT2D eigenvalue weighted by atomic mass is 9.98. The number of carbonyl (C=O) groups excluding carboxylic acids is 2. The summed E-state index contributed by atoms with van der Waals surface area (Å²) in [5, 5.41) is 22.0. The van der Waals surface area contributed by atoms with Gasteiger partial charge in [-0.1, -0.05) is 144 Å². The molecule has 0 aliphatic heterocycles. The first-order valence-electron chi connectivity index (χ1n) is 31.0. The zero-order valence-electron chi connectivity index (χ0n) is 55.5. The molecule has 0 saturated carbocycles. The summed E-state index contributed by atoms with van der Waals surface area (Å²) in [6, 6.07) is 62.4. The molecule has 0 atom stereocenters. The highest BCUT2D eigenvalue weighted by molar-refractivity contribution is 7.98. The molecule has 0 saturated heterocycles. The maximum atomic E-state index is 13.5. The van der Waals surface area contributed by atoms with Gasteiger partial charge >= 0.3 is 12.1 Å². The quantitative estimate of drug-likeness (QED) is 0.0424. The van der Waals surface area contributed by atoms with Crippen LogP contribution in [0.25, 0.3) is 54.6 Å². The van der Waals surface area contributed by atoms with E-state index in [1.54, 1.807) is 86.2 Å². The SMILES string of the molecule is CSc1nccc(Oc2ccc(N)c3ccccc23)n1.CSc1nccc(Oc2ccc(NC(=O)OC(C)(C)C)c3ccccc23)n1.CSc1nccc(Oc2ccc(NC(=O)c3cccc(-c4ccc(F)cc4C)c3)c3ccccc23)n1.Cc1cc(F)ccc1-c1cccc(C(=O)O)c1. The minimum atomic E-state index is -0.966. The largest absolute Gasteiger partial charge is 0.478 e. The molecule has 0 spiro atoms. The Morgan fingerprint density at radius 2 is 0.840 bits per heavy atom. The van der Waals surface area contributed by atoms with E-state index in [4.69, 9.17) is 29.8 Å². The third-order valence-electron chi connectivity index (χ3n) is 14.8. The number of thioether (sulfide) groups is 3. The third kappa shape index (κ3) is 18.8. The fourth-order valence-electron chi connectivity index (χ4n) is 10.3. The van der Waals surface area contributed by atoms with Gasteiger partial charge in [0.15, 0.2) is 15.5 Å². The molecule has 2 amide bonds. The molecule has 3 aromatic heterocycles. The molecule has 10 aromatic carbocycles. The average molecular weight is 1390 g/mol. The number of nitrogen functional groups attached to an aromatic ring is 1. The van der Waals surface area contributed by atoms with E-state index in [2.05, 4.69) is 40.5 Å². The number of nitrogens with two attached hydrogens (primary N) is 1. The summed E-state index contributed by atoms with van der Waals surface area (Å²) in [7, 11) is 0. The number of aromatic nitrogens is 6. The van der Waals surface area contributed by atoms with E-state index in [1.807, 2.05) is 168 Å². The van der Waals surface area contributed by atoms with Gasteiger partial charge in [-0.2, -0.15) is 15.0 Å². The van der Waals surface area contributed by atoms with E-state index in [0.29, 0.717) is 61.5 Å². The highest BCUT2D eigenvalue weighted by Crippen LogP contribution is 2.38. The lowest BCUT2D eigenvalue weighted by molar-refractivity contribution is 0.0634. The molecule has 0 radical (unpaired) electrons. The standard InChI is InChI=1S/C29H22FN3O2S.C20H21N3O3S.C15H13N3OS.C14H11FO2/c1-18-16-21(30)10-11-22(18)19-6-5-7-20(17-19)28(34)32-25-12-13-26(24-9-4-3-8-23(24)25)35-27-14-15-31-29(33-27)36-2;1-20(2,3)26-19(24)22-15-9-10-16(14-8-6-5-7-13(14)15)25-17-11-12-21-18(23-17)27-4;1-20-15-17-9-8-14(18-15)19-13-7-6-12(16)10-4-2-3-5-11(10)13;1-9-7-12(15)5-6-13(9)10-3-2-4-11(8-10)14(16)17/h3-17H,1-2H3,(H,32,34);5-12H,1-4H3,(H,22,24);2-9H,16H2,1H3;2-8H,1H3,(H,16,17). The Hall–Kier alpha value is -11.5. The minimum Gasteiger partial charge on any atom is -0.478 e. The summed E-state index contributed by atoms with van der Waals surface area (Å²) in [5.41, 5.74) is 13.2. The lowest BCUT2D eigenvalue weighted by Gasteiger charge is -2.20. The Kier molecular flexibility index (Phi) is 23.7. The van der Waals surface area contributed by atoms with E-state index >= 15 is 0 Å². The summed E-state index contributed by atoms with van der Waals surface area (Å²) in [6.45, 7) is 9.13. The molecule has 5 N–H and O–H groups in total. The van der Waals surface area contributed by atoms with Gasteiger partial charge in [0.1, 0.15) is 34.5 Å². The van der Waals surface area contributed by atoms with E-state index in [0.717, 1.165) is 77.1 Å². The van der Waals surface area contributed by atoms with Gasteiger partial charge in [-0.15, -0.1) is 0 Å². The van der Waals surface area contributed by atoms with Crippen LogP contribution in [0.5, 0.6) is 34.9 Å². The van der Waals surface area contributed by atoms with Crippen molar-refractivity contribution < 1.29 is 47.2 Å². The molecule has 504 valence electrons. The van der Waals surface area contributed by atoms with E-state index in [1.165, 1.54) is 65.6 Å². The Bertz CT molecular complexity index is 5120. The number of nitrogens with zero attached hydrogens (tertiary/aromatic N) is 6. The number of rotatable bonds is 15.